The molecule has 2 aliphatic heterocycles. The first-order valence-electron chi connectivity index (χ1n) is 12.6. The Labute approximate surface area is 204 Å². The molecular formula is C33H22N2. The van der Waals surface area contributed by atoms with Crippen molar-refractivity contribution in [3.8, 4) is 22.3 Å². The predicted octanol–water partition coefficient (Wildman–Crippen LogP) is 7.50. The van der Waals surface area contributed by atoms with Crippen LogP contribution in [0.25, 0.3) is 22.3 Å². The van der Waals surface area contributed by atoms with Gasteiger partial charge in [-0.3, -0.25) is 4.98 Å². The summed E-state index contributed by atoms with van der Waals surface area (Å²) in [4.78, 5) is 7.35. The second-order valence-corrected chi connectivity index (χ2v) is 10.4. The van der Waals surface area contributed by atoms with Gasteiger partial charge in [-0.25, -0.2) is 0 Å². The van der Waals surface area contributed by atoms with Crippen molar-refractivity contribution in [3.63, 3.8) is 0 Å². The molecule has 0 spiro atoms. The van der Waals surface area contributed by atoms with Gasteiger partial charge < -0.3 is 4.90 Å². The van der Waals surface area contributed by atoms with Crippen LogP contribution in [0.3, 0.4) is 0 Å². The summed E-state index contributed by atoms with van der Waals surface area (Å²) in [6, 6.07) is 29.9. The van der Waals surface area contributed by atoms with E-state index in [4.69, 9.17) is 4.98 Å². The minimum absolute atomic E-state index is 0.896. The first-order valence-corrected chi connectivity index (χ1v) is 12.6. The van der Waals surface area contributed by atoms with Crippen LogP contribution in [0.5, 0.6) is 0 Å². The van der Waals surface area contributed by atoms with Gasteiger partial charge in [0, 0.05) is 24.7 Å². The Balaban J connectivity index is 1.25. The fourth-order valence-electron chi connectivity index (χ4n) is 6.98. The summed E-state index contributed by atoms with van der Waals surface area (Å²) in [5.74, 6) is 0. The maximum absolute atomic E-state index is 4.85. The molecule has 164 valence electrons. The number of hydrogen-bond acceptors (Lipinski definition) is 2. The van der Waals surface area contributed by atoms with Crippen LogP contribution in [0, 0.1) is 0 Å². The first kappa shape index (κ1) is 18.2. The molecule has 0 bridgehead atoms. The Morgan fingerprint density at radius 2 is 1.20 bits per heavy atom. The van der Waals surface area contributed by atoms with Gasteiger partial charge in [0.05, 0.1) is 17.1 Å². The van der Waals surface area contributed by atoms with Crippen molar-refractivity contribution in [2.75, 3.05) is 4.90 Å². The number of benzene rings is 4. The lowest BCUT2D eigenvalue weighted by atomic mass is 9.87. The molecule has 0 N–H and O–H groups in total. The van der Waals surface area contributed by atoms with Crippen LogP contribution in [-0.2, 0) is 25.7 Å². The SMILES string of the molecule is c1ccc2c(c1)Cc1cc3c(cc1-2)-c1cc2c(cc1C3)N1c3ccccc3Cc3ccnc(c31)C2. The molecule has 2 heteroatoms. The minimum Gasteiger partial charge on any atom is -0.308 e. The fraction of sp³-hybridized carbons (Fsp3) is 0.121. The molecule has 4 aliphatic rings. The Bertz CT molecular complexity index is 1760. The van der Waals surface area contributed by atoms with Crippen LogP contribution in [-0.4, -0.2) is 4.98 Å². The van der Waals surface area contributed by atoms with Crippen molar-refractivity contribution >= 4 is 17.1 Å². The molecule has 5 aromatic rings. The monoisotopic (exact) mass is 446 g/mol. The highest BCUT2D eigenvalue weighted by atomic mass is 15.2. The molecule has 1 aromatic heterocycles. The third kappa shape index (κ3) is 2.32. The summed E-state index contributed by atoms with van der Waals surface area (Å²) >= 11 is 0. The molecule has 3 heterocycles. The average molecular weight is 447 g/mol. The summed E-state index contributed by atoms with van der Waals surface area (Å²) in [6.45, 7) is 0. The van der Waals surface area contributed by atoms with Crippen LogP contribution in [0.4, 0.5) is 17.1 Å². The molecule has 2 nitrogen and oxygen atoms in total. The molecule has 0 saturated heterocycles. The Morgan fingerprint density at radius 3 is 2.14 bits per heavy atom. The van der Waals surface area contributed by atoms with E-state index in [0.717, 1.165) is 25.7 Å². The van der Waals surface area contributed by atoms with E-state index in [1.807, 2.05) is 6.20 Å². The molecule has 4 aromatic carbocycles. The van der Waals surface area contributed by atoms with Crippen molar-refractivity contribution in [1.82, 2.24) is 4.98 Å². The normalized spacial score (nSPS) is 14.9. The van der Waals surface area contributed by atoms with Gasteiger partial charge in [0.1, 0.15) is 0 Å². The zero-order valence-corrected chi connectivity index (χ0v) is 19.3. The summed E-state index contributed by atoms with van der Waals surface area (Å²) in [7, 11) is 0. The molecule has 35 heavy (non-hydrogen) atoms. The second kappa shape index (κ2) is 6.28. The molecule has 2 aliphatic carbocycles. The third-order valence-electron chi connectivity index (χ3n) is 8.51. The van der Waals surface area contributed by atoms with Gasteiger partial charge in [-0.15, -0.1) is 0 Å². The third-order valence-corrected chi connectivity index (χ3v) is 8.51. The molecule has 0 fully saturated rings. The quantitative estimate of drug-likeness (QED) is 0.240. The highest BCUT2D eigenvalue weighted by Crippen LogP contribution is 2.52. The molecule has 9 rings (SSSR count). The van der Waals surface area contributed by atoms with Crippen molar-refractivity contribution < 1.29 is 0 Å². The van der Waals surface area contributed by atoms with Crippen molar-refractivity contribution in [2.24, 2.45) is 0 Å². The van der Waals surface area contributed by atoms with Crippen LogP contribution >= 0.6 is 0 Å². The Hall–Kier alpha value is -4.17. The van der Waals surface area contributed by atoms with Crippen molar-refractivity contribution in [3.05, 3.63) is 130 Å². The number of para-hydroxylation sites is 1. The minimum atomic E-state index is 0.896. The van der Waals surface area contributed by atoms with Gasteiger partial charge in [-0.05, 0) is 104 Å². The molecule has 0 amide bonds. The number of pyridine rings is 1. The smallest absolute Gasteiger partial charge is 0.0716 e. The van der Waals surface area contributed by atoms with Crippen LogP contribution in [0.15, 0.2) is 85.1 Å². The highest BCUT2D eigenvalue weighted by molar-refractivity contribution is 5.92. The molecule has 0 atom stereocenters. The first-order chi connectivity index (χ1) is 17.3. The van der Waals surface area contributed by atoms with Gasteiger partial charge in [0.25, 0.3) is 0 Å². The van der Waals surface area contributed by atoms with Crippen LogP contribution in [0.1, 0.15) is 44.6 Å². The van der Waals surface area contributed by atoms with Gasteiger partial charge in [0.15, 0.2) is 0 Å². The van der Waals surface area contributed by atoms with Gasteiger partial charge in [0.2, 0.25) is 0 Å². The van der Waals surface area contributed by atoms with Crippen molar-refractivity contribution in [1.29, 1.82) is 0 Å². The van der Waals surface area contributed by atoms with E-state index < -0.39 is 0 Å². The largest absolute Gasteiger partial charge is 0.308 e. The average Bonchev–Trinajstić information content (AvgIpc) is 3.42. The lowest BCUT2D eigenvalue weighted by Crippen LogP contribution is -2.25. The summed E-state index contributed by atoms with van der Waals surface area (Å²) in [6.07, 6.45) is 5.95. The number of rotatable bonds is 0. The number of nitrogens with zero attached hydrogens (tertiary/aromatic N) is 2. The topological polar surface area (TPSA) is 16.1 Å². The molecule has 0 saturated carbocycles. The molecular weight excluding hydrogens is 424 g/mol. The lowest BCUT2D eigenvalue weighted by Gasteiger charge is -2.39. The van der Waals surface area contributed by atoms with Gasteiger partial charge >= 0.3 is 0 Å². The van der Waals surface area contributed by atoms with E-state index in [1.54, 1.807) is 0 Å². The van der Waals surface area contributed by atoms with Crippen LogP contribution < -0.4 is 4.90 Å². The van der Waals surface area contributed by atoms with E-state index in [9.17, 15) is 0 Å². The predicted molar refractivity (Wildman–Crippen MR) is 141 cm³/mol. The lowest BCUT2D eigenvalue weighted by molar-refractivity contribution is 0.959. The maximum Gasteiger partial charge on any atom is 0.0716 e. The standard InChI is InChI=1S/C33H22N2/c1-3-7-26-19(5-1)11-22-13-23-14-24-17-32-25(15-27(24)29(23)18-28(22)26)16-30-33-21(9-10-34-30)12-20-6-2-4-8-31(20)35(32)33/h1-10,13,15,17-18H,11-12,14,16H2. The van der Waals surface area contributed by atoms with Crippen LogP contribution in [0.2, 0.25) is 0 Å². The maximum atomic E-state index is 4.85. The number of hydrogen-bond donors (Lipinski definition) is 0. The Morgan fingerprint density at radius 1 is 0.486 bits per heavy atom. The summed E-state index contributed by atoms with van der Waals surface area (Å²) in [5, 5.41) is 0. The molecule has 0 unspecified atom stereocenters. The summed E-state index contributed by atoms with van der Waals surface area (Å²) in [5.41, 5.74) is 20.8. The fourth-order valence-corrected chi connectivity index (χ4v) is 6.98. The number of aromatic nitrogens is 1. The second-order valence-electron chi connectivity index (χ2n) is 10.4. The zero-order chi connectivity index (χ0) is 22.7. The Kier molecular flexibility index (Phi) is 3.27. The van der Waals surface area contributed by atoms with Gasteiger partial charge in [-0.2, -0.15) is 0 Å². The summed E-state index contributed by atoms with van der Waals surface area (Å²) < 4.78 is 0. The van der Waals surface area contributed by atoms with Crippen molar-refractivity contribution in [2.45, 2.75) is 25.7 Å². The van der Waals surface area contributed by atoms with E-state index in [2.05, 4.69) is 83.8 Å². The van der Waals surface area contributed by atoms with E-state index >= 15 is 0 Å². The number of anilines is 3. The molecule has 0 radical (unpaired) electrons. The zero-order valence-electron chi connectivity index (χ0n) is 19.3. The number of fused-ring (bicyclic) bond motifs is 10. The van der Waals surface area contributed by atoms with Gasteiger partial charge in [-0.1, -0.05) is 48.5 Å². The van der Waals surface area contributed by atoms with E-state index in [-0.39, 0.29) is 0 Å². The van der Waals surface area contributed by atoms with E-state index in [0.29, 0.717) is 0 Å². The highest BCUT2D eigenvalue weighted by Gasteiger charge is 2.34. The van der Waals surface area contributed by atoms with E-state index in [1.165, 1.54) is 84.0 Å².